The number of aromatic nitrogens is 1. The average molecular weight is 293 g/mol. The molecule has 0 saturated heterocycles. The van der Waals surface area contributed by atoms with Crippen molar-refractivity contribution in [1.82, 2.24) is 10.3 Å². The lowest BCUT2D eigenvalue weighted by atomic mass is 10.2. The summed E-state index contributed by atoms with van der Waals surface area (Å²) in [4.78, 5) is 25.5. The highest BCUT2D eigenvalue weighted by molar-refractivity contribution is 6.33. The van der Waals surface area contributed by atoms with Crippen LogP contribution in [-0.2, 0) is 9.53 Å². The third-order valence-electron chi connectivity index (χ3n) is 1.78. The van der Waals surface area contributed by atoms with Gasteiger partial charge in [0.05, 0.1) is 6.61 Å². The number of halogens is 2. The molecule has 0 aliphatic heterocycles. The Bertz CT molecular complexity index is 433. The van der Waals surface area contributed by atoms with E-state index in [9.17, 15) is 9.59 Å². The van der Waals surface area contributed by atoms with Gasteiger partial charge in [0.2, 0.25) is 0 Å². The second kappa shape index (κ2) is 7.15. The van der Waals surface area contributed by atoms with Crippen molar-refractivity contribution in [2.45, 2.75) is 0 Å². The number of carboxylic acid groups (broad SMARTS) is 1. The number of carbonyl (C=O) groups is 2. The van der Waals surface area contributed by atoms with Gasteiger partial charge >= 0.3 is 5.97 Å². The maximum absolute atomic E-state index is 11.6. The number of aliphatic carboxylic acids is 1. The van der Waals surface area contributed by atoms with Crippen molar-refractivity contribution in [3.8, 4) is 0 Å². The van der Waals surface area contributed by atoms with Crippen LogP contribution in [0.2, 0.25) is 10.3 Å². The topological polar surface area (TPSA) is 88.5 Å². The van der Waals surface area contributed by atoms with Gasteiger partial charge in [0.25, 0.3) is 5.91 Å². The summed E-state index contributed by atoms with van der Waals surface area (Å²) in [6.45, 7) is -0.114. The van der Waals surface area contributed by atoms with Crippen molar-refractivity contribution < 1.29 is 19.4 Å². The molecule has 0 aliphatic rings. The van der Waals surface area contributed by atoms with Gasteiger partial charge in [-0.2, -0.15) is 0 Å². The van der Waals surface area contributed by atoms with E-state index in [2.05, 4.69) is 10.3 Å². The third-order valence-corrected chi connectivity index (χ3v) is 2.17. The van der Waals surface area contributed by atoms with Gasteiger partial charge in [-0.15, -0.1) is 0 Å². The molecule has 8 heteroatoms. The highest BCUT2D eigenvalue weighted by Crippen LogP contribution is 2.14. The van der Waals surface area contributed by atoms with Crippen LogP contribution in [0.3, 0.4) is 0 Å². The van der Waals surface area contributed by atoms with E-state index < -0.39 is 12.6 Å². The molecular formula is C10H10Cl2N2O4. The van der Waals surface area contributed by atoms with Gasteiger partial charge in [-0.25, -0.2) is 9.78 Å². The first-order chi connectivity index (χ1) is 8.49. The molecule has 1 rings (SSSR count). The Kier molecular flexibility index (Phi) is 5.84. The fourth-order valence-electron chi connectivity index (χ4n) is 1.09. The van der Waals surface area contributed by atoms with Gasteiger partial charge in [0.15, 0.2) is 0 Å². The Labute approximate surface area is 113 Å². The summed E-state index contributed by atoms with van der Waals surface area (Å²) in [5.41, 5.74) is 0.276. The number of rotatable bonds is 6. The maximum Gasteiger partial charge on any atom is 0.329 e. The predicted molar refractivity (Wildman–Crippen MR) is 65.0 cm³/mol. The highest BCUT2D eigenvalue weighted by Gasteiger charge is 2.08. The number of ether oxygens (including phenoxy) is 1. The summed E-state index contributed by atoms with van der Waals surface area (Å²) in [6.07, 6.45) is 0. The summed E-state index contributed by atoms with van der Waals surface area (Å²) in [5, 5.41) is 11.1. The molecule has 0 bridgehead atoms. The van der Waals surface area contributed by atoms with Crippen molar-refractivity contribution in [3.05, 3.63) is 28.0 Å². The van der Waals surface area contributed by atoms with Crippen molar-refractivity contribution in [2.75, 3.05) is 19.8 Å². The van der Waals surface area contributed by atoms with Crippen molar-refractivity contribution >= 4 is 35.1 Å². The molecule has 18 heavy (non-hydrogen) atoms. The number of hydrogen-bond donors (Lipinski definition) is 2. The molecule has 0 fully saturated rings. The Morgan fingerprint density at radius 3 is 2.50 bits per heavy atom. The third kappa shape index (κ3) is 5.31. The van der Waals surface area contributed by atoms with Gasteiger partial charge in [-0.3, -0.25) is 4.79 Å². The molecular weight excluding hydrogens is 283 g/mol. The second-order valence-corrected chi connectivity index (χ2v) is 3.98. The standard InChI is InChI=1S/C10H10Cl2N2O4/c11-7-3-6(4-8(12)14-7)10(17)13-1-2-18-5-9(15)16/h3-4H,1-2,5H2,(H,13,17)(H,15,16). The summed E-state index contributed by atoms with van der Waals surface area (Å²) in [5.74, 6) is -1.45. The normalized spacial score (nSPS) is 10.1. The molecule has 1 heterocycles. The Morgan fingerprint density at radius 2 is 1.94 bits per heavy atom. The quantitative estimate of drug-likeness (QED) is 0.608. The zero-order chi connectivity index (χ0) is 13.5. The smallest absolute Gasteiger partial charge is 0.329 e. The van der Waals surface area contributed by atoms with E-state index in [1.165, 1.54) is 12.1 Å². The van der Waals surface area contributed by atoms with E-state index in [0.29, 0.717) is 0 Å². The van der Waals surface area contributed by atoms with Crippen molar-refractivity contribution in [2.24, 2.45) is 0 Å². The Morgan fingerprint density at radius 1 is 1.33 bits per heavy atom. The molecule has 0 spiro atoms. The zero-order valence-corrected chi connectivity index (χ0v) is 10.7. The van der Waals surface area contributed by atoms with Gasteiger partial charge in [-0.05, 0) is 12.1 Å². The van der Waals surface area contributed by atoms with Crippen LogP contribution in [0.4, 0.5) is 0 Å². The molecule has 0 radical (unpaired) electrons. The second-order valence-electron chi connectivity index (χ2n) is 3.20. The fourth-order valence-corrected chi connectivity index (χ4v) is 1.55. The monoisotopic (exact) mass is 292 g/mol. The summed E-state index contributed by atoms with van der Waals surface area (Å²) < 4.78 is 4.75. The molecule has 0 saturated carbocycles. The molecule has 0 unspecified atom stereocenters. The van der Waals surface area contributed by atoms with E-state index in [1.54, 1.807) is 0 Å². The largest absolute Gasteiger partial charge is 0.480 e. The summed E-state index contributed by atoms with van der Waals surface area (Å²) in [7, 11) is 0. The van der Waals surface area contributed by atoms with E-state index >= 15 is 0 Å². The minimum Gasteiger partial charge on any atom is -0.480 e. The number of nitrogens with one attached hydrogen (secondary N) is 1. The molecule has 0 aliphatic carbocycles. The van der Waals surface area contributed by atoms with Crippen LogP contribution < -0.4 is 5.32 Å². The minimum atomic E-state index is -1.06. The van der Waals surface area contributed by atoms with E-state index in [0.717, 1.165) is 0 Å². The lowest BCUT2D eigenvalue weighted by Gasteiger charge is -2.05. The first kappa shape index (κ1) is 14.7. The van der Waals surface area contributed by atoms with Crippen molar-refractivity contribution in [1.29, 1.82) is 0 Å². The number of pyridine rings is 1. The molecule has 1 amide bonds. The van der Waals surface area contributed by atoms with Gasteiger partial charge in [0, 0.05) is 12.1 Å². The van der Waals surface area contributed by atoms with Crippen LogP contribution in [0, 0.1) is 0 Å². The first-order valence-electron chi connectivity index (χ1n) is 4.90. The van der Waals surface area contributed by atoms with Crippen LogP contribution in [0.25, 0.3) is 0 Å². The molecule has 6 nitrogen and oxygen atoms in total. The molecule has 98 valence electrons. The number of hydrogen-bond acceptors (Lipinski definition) is 4. The van der Waals surface area contributed by atoms with Crippen molar-refractivity contribution in [3.63, 3.8) is 0 Å². The molecule has 0 aromatic carbocycles. The van der Waals surface area contributed by atoms with Crippen LogP contribution in [0.15, 0.2) is 12.1 Å². The SMILES string of the molecule is O=C(O)COCCNC(=O)c1cc(Cl)nc(Cl)c1. The van der Waals surface area contributed by atoms with E-state index in [1.807, 2.05) is 0 Å². The lowest BCUT2D eigenvalue weighted by Crippen LogP contribution is -2.28. The molecule has 1 aromatic rings. The van der Waals surface area contributed by atoms with Crippen LogP contribution >= 0.6 is 23.2 Å². The average Bonchev–Trinajstić information content (AvgIpc) is 2.26. The van der Waals surface area contributed by atoms with Crippen LogP contribution in [0.5, 0.6) is 0 Å². The fraction of sp³-hybridized carbons (Fsp3) is 0.300. The van der Waals surface area contributed by atoms with Gasteiger partial charge in [0.1, 0.15) is 16.9 Å². The highest BCUT2D eigenvalue weighted by atomic mass is 35.5. The minimum absolute atomic E-state index is 0.102. The number of amides is 1. The first-order valence-corrected chi connectivity index (χ1v) is 5.65. The van der Waals surface area contributed by atoms with Crippen LogP contribution in [-0.4, -0.2) is 41.7 Å². The number of carbonyl (C=O) groups excluding carboxylic acids is 1. The maximum atomic E-state index is 11.6. The molecule has 0 atom stereocenters. The molecule has 2 N–H and O–H groups in total. The number of nitrogens with zero attached hydrogens (tertiary/aromatic N) is 1. The Hall–Kier alpha value is -1.37. The molecule has 1 aromatic heterocycles. The Balaban J connectivity index is 2.38. The lowest BCUT2D eigenvalue weighted by molar-refractivity contribution is -0.142. The van der Waals surface area contributed by atoms with E-state index in [-0.39, 0.29) is 34.9 Å². The van der Waals surface area contributed by atoms with Gasteiger partial charge in [-0.1, -0.05) is 23.2 Å². The zero-order valence-electron chi connectivity index (χ0n) is 9.15. The van der Waals surface area contributed by atoms with E-state index in [4.69, 9.17) is 33.0 Å². The predicted octanol–water partition coefficient (Wildman–Crippen LogP) is 1.22. The summed E-state index contributed by atoms with van der Waals surface area (Å²) in [6, 6.07) is 2.75. The summed E-state index contributed by atoms with van der Waals surface area (Å²) >= 11 is 11.3. The van der Waals surface area contributed by atoms with Crippen LogP contribution in [0.1, 0.15) is 10.4 Å². The number of carboxylic acids is 1. The van der Waals surface area contributed by atoms with Gasteiger partial charge < -0.3 is 15.2 Å².